The first-order valence-corrected chi connectivity index (χ1v) is 11.8. The Kier molecular flexibility index (Phi) is 4.79. The molecule has 166 valence electrons. The van der Waals surface area contributed by atoms with Gasteiger partial charge >= 0.3 is 0 Å². The normalized spacial score (nSPS) is 21.0. The quantitative estimate of drug-likeness (QED) is 0.668. The monoisotopic (exact) mass is 432 g/mol. The molecule has 0 bridgehead atoms. The lowest BCUT2D eigenvalue weighted by Gasteiger charge is -2.48. The molecule has 5 nitrogen and oxygen atoms in total. The van der Waals surface area contributed by atoms with Crippen molar-refractivity contribution < 1.29 is 9.18 Å². The molecule has 0 radical (unpaired) electrons. The number of pyridine rings is 1. The average molecular weight is 433 g/mol. The van der Waals surface area contributed by atoms with Crippen molar-refractivity contribution in [2.24, 2.45) is 5.92 Å². The van der Waals surface area contributed by atoms with Crippen LogP contribution in [0.2, 0.25) is 0 Å². The number of benzene rings is 1. The van der Waals surface area contributed by atoms with Crippen molar-refractivity contribution in [2.45, 2.75) is 50.6 Å². The van der Waals surface area contributed by atoms with Crippen molar-refractivity contribution in [3.8, 4) is 0 Å². The Hall–Kier alpha value is -2.73. The number of piperidine rings is 1. The highest BCUT2D eigenvalue weighted by Crippen LogP contribution is 2.45. The molecule has 1 saturated carbocycles. The number of halogens is 1. The summed E-state index contributed by atoms with van der Waals surface area (Å²) in [6.07, 6.45) is 6.99. The van der Waals surface area contributed by atoms with Crippen LogP contribution in [0.25, 0.3) is 11.0 Å². The summed E-state index contributed by atoms with van der Waals surface area (Å²) in [5, 5.41) is 1.20. The summed E-state index contributed by atoms with van der Waals surface area (Å²) in [7, 11) is 0. The van der Waals surface area contributed by atoms with Crippen LogP contribution in [0.4, 0.5) is 4.39 Å². The van der Waals surface area contributed by atoms with Crippen molar-refractivity contribution in [3.05, 3.63) is 65.2 Å². The molecule has 1 N–H and O–H groups in total. The highest BCUT2D eigenvalue weighted by molar-refractivity contribution is 5.83. The number of hydrogen-bond donors (Lipinski definition) is 1. The van der Waals surface area contributed by atoms with Crippen molar-refractivity contribution >= 4 is 16.9 Å². The Balaban J connectivity index is 1.33. The third-order valence-electron chi connectivity index (χ3n) is 7.92. The Morgan fingerprint density at radius 3 is 2.72 bits per heavy atom. The number of nitrogens with zero attached hydrogens (tertiary/aromatic N) is 3. The topological polar surface area (TPSA) is 52.2 Å². The first kappa shape index (κ1) is 19.9. The minimum atomic E-state index is -0.147. The smallest absolute Gasteiger partial charge is 0.225 e. The maximum atomic E-state index is 14.4. The van der Waals surface area contributed by atoms with Crippen LogP contribution in [0.15, 0.2) is 42.6 Å². The molecule has 1 saturated heterocycles. The van der Waals surface area contributed by atoms with Gasteiger partial charge in [0.05, 0.1) is 0 Å². The van der Waals surface area contributed by atoms with E-state index in [1.807, 2.05) is 24.4 Å². The molecule has 0 atom stereocenters. The molecular formula is C26H29FN4O. The Morgan fingerprint density at radius 1 is 1.16 bits per heavy atom. The second-order valence-corrected chi connectivity index (χ2v) is 9.85. The van der Waals surface area contributed by atoms with E-state index in [9.17, 15) is 9.18 Å². The standard InChI is InChI=1S/C26H29FN4O/c27-21-9-2-1-5-19(21)15-30-16-22-23(20-8-4-12-28-24(20)29-22)26(17-30)10-13-31(14-11-26)25(32)18-6-3-7-18/h1-2,4-5,8-9,12,18H,3,6-7,10-11,13-17H2,(H,28,29). The van der Waals surface area contributed by atoms with Gasteiger partial charge in [-0.2, -0.15) is 0 Å². The second kappa shape index (κ2) is 7.69. The lowest BCUT2D eigenvalue weighted by molar-refractivity contribution is -0.140. The molecule has 1 spiro atoms. The van der Waals surface area contributed by atoms with Crippen LogP contribution < -0.4 is 0 Å². The summed E-state index contributed by atoms with van der Waals surface area (Å²) in [5.41, 5.74) is 4.19. The summed E-state index contributed by atoms with van der Waals surface area (Å²) in [4.78, 5) is 25.5. The Labute approximate surface area is 187 Å². The Bertz CT molecular complexity index is 1160. The van der Waals surface area contributed by atoms with E-state index in [2.05, 4.69) is 25.8 Å². The van der Waals surface area contributed by atoms with Gasteiger partial charge in [-0.1, -0.05) is 24.6 Å². The molecule has 3 aliphatic rings. The van der Waals surface area contributed by atoms with Crippen LogP contribution in [-0.2, 0) is 23.3 Å². The number of rotatable bonds is 3. The van der Waals surface area contributed by atoms with E-state index >= 15 is 0 Å². The Morgan fingerprint density at radius 2 is 1.97 bits per heavy atom. The number of fused-ring (bicyclic) bond motifs is 4. The van der Waals surface area contributed by atoms with E-state index in [1.54, 1.807) is 6.07 Å². The molecule has 3 aromatic rings. The molecule has 32 heavy (non-hydrogen) atoms. The predicted molar refractivity (Wildman–Crippen MR) is 121 cm³/mol. The van der Waals surface area contributed by atoms with Crippen LogP contribution in [0, 0.1) is 11.7 Å². The van der Waals surface area contributed by atoms with Gasteiger partial charge in [0.2, 0.25) is 5.91 Å². The van der Waals surface area contributed by atoms with Gasteiger partial charge in [0.25, 0.3) is 0 Å². The minimum absolute atomic E-state index is 0.0451. The molecule has 1 aliphatic carbocycles. The molecular weight excluding hydrogens is 403 g/mol. The SMILES string of the molecule is O=C(C1CCC1)N1CCC2(CC1)CN(Cc1ccccc1F)Cc1[nH]c3ncccc3c12. The van der Waals surface area contributed by atoms with Gasteiger partial charge in [-0.25, -0.2) is 9.37 Å². The van der Waals surface area contributed by atoms with Crippen molar-refractivity contribution in [2.75, 3.05) is 19.6 Å². The van der Waals surface area contributed by atoms with Crippen LogP contribution in [-0.4, -0.2) is 45.3 Å². The molecule has 2 fully saturated rings. The third kappa shape index (κ3) is 3.24. The van der Waals surface area contributed by atoms with Gasteiger partial charge in [-0.05, 0) is 49.4 Å². The van der Waals surface area contributed by atoms with Gasteiger partial charge in [0.15, 0.2) is 0 Å². The fraction of sp³-hybridized carbons (Fsp3) is 0.462. The minimum Gasteiger partial charge on any atom is -0.342 e. The average Bonchev–Trinajstić information content (AvgIpc) is 3.14. The first-order chi connectivity index (χ1) is 15.6. The van der Waals surface area contributed by atoms with E-state index < -0.39 is 0 Å². The summed E-state index contributed by atoms with van der Waals surface area (Å²) >= 11 is 0. The zero-order valence-electron chi connectivity index (χ0n) is 18.3. The zero-order valence-corrected chi connectivity index (χ0v) is 18.3. The molecule has 1 aromatic carbocycles. The summed E-state index contributed by atoms with van der Waals surface area (Å²) in [6.45, 7) is 3.82. The molecule has 4 heterocycles. The third-order valence-corrected chi connectivity index (χ3v) is 7.92. The van der Waals surface area contributed by atoms with Gasteiger partial charge in [-0.3, -0.25) is 9.69 Å². The highest BCUT2D eigenvalue weighted by atomic mass is 19.1. The number of hydrogen-bond acceptors (Lipinski definition) is 3. The van der Waals surface area contributed by atoms with E-state index in [0.29, 0.717) is 12.5 Å². The lowest BCUT2D eigenvalue weighted by atomic mass is 9.69. The number of carbonyl (C=O) groups excluding carboxylic acids is 1. The second-order valence-electron chi connectivity index (χ2n) is 9.85. The van der Waals surface area contributed by atoms with Crippen LogP contribution in [0.1, 0.15) is 48.9 Å². The number of aromatic nitrogens is 2. The van der Waals surface area contributed by atoms with Crippen molar-refractivity contribution in [1.82, 2.24) is 19.8 Å². The maximum Gasteiger partial charge on any atom is 0.225 e. The number of nitrogens with one attached hydrogen (secondary N) is 1. The van der Waals surface area contributed by atoms with Gasteiger partial charge < -0.3 is 9.88 Å². The van der Waals surface area contributed by atoms with E-state index in [1.165, 1.54) is 29.1 Å². The predicted octanol–water partition coefficient (Wildman–Crippen LogP) is 4.38. The fourth-order valence-electron chi connectivity index (χ4n) is 6.04. The van der Waals surface area contributed by atoms with Crippen molar-refractivity contribution in [1.29, 1.82) is 0 Å². The number of H-pyrrole nitrogens is 1. The molecule has 1 amide bonds. The van der Waals surface area contributed by atoms with Gasteiger partial charge in [0, 0.05) is 66.9 Å². The van der Waals surface area contributed by atoms with E-state index in [4.69, 9.17) is 0 Å². The number of likely N-dealkylation sites (tertiary alicyclic amines) is 1. The number of amides is 1. The molecule has 2 aromatic heterocycles. The number of aromatic amines is 1. The van der Waals surface area contributed by atoms with Crippen LogP contribution in [0.5, 0.6) is 0 Å². The maximum absolute atomic E-state index is 14.4. The van der Waals surface area contributed by atoms with E-state index in [-0.39, 0.29) is 17.2 Å². The van der Waals surface area contributed by atoms with Gasteiger partial charge in [0.1, 0.15) is 11.5 Å². The van der Waals surface area contributed by atoms with Crippen LogP contribution >= 0.6 is 0 Å². The molecule has 0 unspecified atom stereocenters. The lowest BCUT2D eigenvalue weighted by Crippen LogP contribution is -2.53. The number of carbonyl (C=O) groups is 1. The summed E-state index contributed by atoms with van der Waals surface area (Å²) < 4.78 is 14.4. The highest BCUT2D eigenvalue weighted by Gasteiger charge is 2.45. The van der Waals surface area contributed by atoms with Crippen LogP contribution in [0.3, 0.4) is 0 Å². The largest absolute Gasteiger partial charge is 0.342 e. The molecule has 2 aliphatic heterocycles. The molecule has 6 heteroatoms. The first-order valence-electron chi connectivity index (χ1n) is 11.8. The van der Waals surface area contributed by atoms with E-state index in [0.717, 1.165) is 63.1 Å². The van der Waals surface area contributed by atoms with Crippen molar-refractivity contribution in [3.63, 3.8) is 0 Å². The summed E-state index contributed by atoms with van der Waals surface area (Å²) in [5.74, 6) is 0.457. The molecule has 6 rings (SSSR count). The fourth-order valence-corrected chi connectivity index (χ4v) is 6.04. The zero-order chi connectivity index (χ0) is 21.7. The summed E-state index contributed by atoms with van der Waals surface area (Å²) in [6, 6.07) is 11.2. The van der Waals surface area contributed by atoms with Gasteiger partial charge in [-0.15, -0.1) is 0 Å².